The van der Waals surface area contributed by atoms with Gasteiger partial charge in [-0.2, -0.15) is 0 Å². The maximum Gasteiger partial charge on any atom is 0.0271 e. The van der Waals surface area contributed by atoms with Crippen molar-refractivity contribution in [3.63, 3.8) is 0 Å². The first-order chi connectivity index (χ1) is 7.66. The average molecular weight is 219 g/mol. The lowest BCUT2D eigenvalue weighted by Crippen LogP contribution is -2.39. The smallest absolute Gasteiger partial charge is 0.0271 e. The second-order valence-electron chi connectivity index (χ2n) is 5.19. The van der Waals surface area contributed by atoms with Crippen LogP contribution in [0.2, 0.25) is 0 Å². The van der Waals surface area contributed by atoms with E-state index in [0.29, 0.717) is 0 Å². The number of nitrogens with zero attached hydrogens (tertiary/aromatic N) is 2. The molecule has 3 heteroatoms. The van der Waals surface area contributed by atoms with Crippen LogP contribution in [0.3, 0.4) is 0 Å². The van der Waals surface area contributed by atoms with Gasteiger partial charge < -0.3 is 5.32 Å². The highest BCUT2D eigenvalue weighted by Gasteiger charge is 2.21. The zero-order valence-corrected chi connectivity index (χ0v) is 10.2. The Bertz CT molecular complexity index is 321. The molecular weight excluding hydrogens is 198 g/mol. The molecule has 1 aliphatic rings. The van der Waals surface area contributed by atoms with Crippen molar-refractivity contribution in [1.29, 1.82) is 0 Å². The van der Waals surface area contributed by atoms with E-state index in [1.165, 1.54) is 18.5 Å². The van der Waals surface area contributed by atoms with Crippen molar-refractivity contribution in [2.75, 3.05) is 19.6 Å². The summed E-state index contributed by atoms with van der Waals surface area (Å²) in [5.74, 6) is 0. The minimum absolute atomic E-state index is 0.285. The monoisotopic (exact) mass is 219 g/mol. The predicted molar refractivity (Wildman–Crippen MR) is 66.2 cm³/mol. The molecule has 1 aromatic heterocycles. The number of hydrogen-bond donors (Lipinski definition) is 1. The lowest BCUT2D eigenvalue weighted by molar-refractivity contribution is 0.275. The van der Waals surface area contributed by atoms with Crippen LogP contribution in [0.1, 0.15) is 25.8 Å². The van der Waals surface area contributed by atoms with Gasteiger partial charge in [-0.25, -0.2) is 0 Å². The molecule has 0 unspecified atom stereocenters. The Balaban J connectivity index is 1.92. The van der Waals surface area contributed by atoms with E-state index in [1.807, 2.05) is 12.4 Å². The molecule has 0 saturated carbocycles. The van der Waals surface area contributed by atoms with E-state index in [4.69, 9.17) is 0 Å². The van der Waals surface area contributed by atoms with Gasteiger partial charge in [0.1, 0.15) is 0 Å². The molecule has 0 atom stereocenters. The van der Waals surface area contributed by atoms with E-state index in [-0.39, 0.29) is 5.54 Å². The van der Waals surface area contributed by atoms with Gasteiger partial charge in [0.15, 0.2) is 0 Å². The first-order valence-corrected chi connectivity index (χ1v) is 6.02. The van der Waals surface area contributed by atoms with E-state index in [2.05, 4.69) is 41.2 Å². The van der Waals surface area contributed by atoms with Crippen LogP contribution < -0.4 is 5.32 Å². The summed E-state index contributed by atoms with van der Waals surface area (Å²) >= 11 is 0. The average Bonchev–Trinajstić information content (AvgIpc) is 2.42. The van der Waals surface area contributed by atoms with E-state index >= 15 is 0 Å². The third-order valence-corrected chi connectivity index (χ3v) is 3.24. The van der Waals surface area contributed by atoms with Crippen molar-refractivity contribution in [2.45, 2.75) is 32.4 Å². The van der Waals surface area contributed by atoms with E-state index in [0.717, 1.165) is 19.6 Å². The molecule has 0 amide bonds. The minimum Gasteiger partial charge on any atom is -0.310 e. The minimum atomic E-state index is 0.285. The van der Waals surface area contributed by atoms with Gasteiger partial charge in [-0.15, -0.1) is 0 Å². The third-order valence-electron chi connectivity index (χ3n) is 3.24. The Hall–Kier alpha value is -0.930. The maximum atomic E-state index is 4.05. The van der Waals surface area contributed by atoms with Gasteiger partial charge in [0, 0.05) is 44.1 Å². The summed E-state index contributed by atoms with van der Waals surface area (Å²) < 4.78 is 0. The van der Waals surface area contributed by atoms with Gasteiger partial charge in [-0.1, -0.05) is 0 Å². The largest absolute Gasteiger partial charge is 0.310 e. The molecule has 1 N–H and O–H groups in total. The molecule has 1 saturated heterocycles. The van der Waals surface area contributed by atoms with Crippen LogP contribution in [0.25, 0.3) is 0 Å². The summed E-state index contributed by atoms with van der Waals surface area (Å²) in [6.45, 7) is 8.98. The summed E-state index contributed by atoms with van der Waals surface area (Å²) in [6.07, 6.45) is 4.95. The Morgan fingerprint density at radius 1 is 1.31 bits per heavy atom. The van der Waals surface area contributed by atoms with Crippen LogP contribution in [0, 0.1) is 0 Å². The van der Waals surface area contributed by atoms with Crippen molar-refractivity contribution in [2.24, 2.45) is 0 Å². The topological polar surface area (TPSA) is 28.2 Å². The first-order valence-electron chi connectivity index (χ1n) is 6.02. The van der Waals surface area contributed by atoms with Crippen molar-refractivity contribution >= 4 is 0 Å². The van der Waals surface area contributed by atoms with Crippen molar-refractivity contribution < 1.29 is 0 Å². The number of hydrogen-bond acceptors (Lipinski definition) is 3. The number of nitrogens with one attached hydrogen (secondary N) is 1. The first kappa shape index (κ1) is 11.6. The highest BCUT2D eigenvalue weighted by Crippen LogP contribution is 2.14. The Morgan fingerprint density at radius 2 is 2.06 bits per heavy atom. The van der Waals surface area contributed by atoms with Crippen molar-refractivity contribution in [3.05, 3.63) is 30.1 Å². The molecule has 3 nitrogen and oxygen atoms in total. The molecule has 0 radical (unpaired) electrons. The lowest BCUT2D eigenvalue weighted by atomic mass is 10.0. The molecule has 1 aliphatic heterocycles. The molecule has 0 aliphatic carbocycles. The Kier molecular flexibility index (Phi) is 3.56. The van der Waals surface area contributed by atoms with Crippen LogP contribution in [-0.2, 0) is 6.54 Å². The molecule has 88 valence electrons. The molecule has 16 heavy (non-hydrogen) atoms. The SMILES string of the molecule is CC1(C)CCN(Cc2ccncc2)CCN1. The Labute approximate surface area is 97.9 Å². The standard InChI is InChI=1S/C13H21N3/c1-13(2)5-9-16(10-8-15-13)11-12-3-6-14-7-4-12/h3-4,6-7,15H,5,8-11H2,1-2H3. The van der Waals surface area contributed by atoms with E-state index < -0.39 is 0 Å². The van der Waals surface area contributed by atoms with Crippen LogP contribution in [0.5, 0.6) is 0 Å². The molecule has 2 rings (SSSR count). The summed E-state index contributed by atoms with van der Waals surface area (Å²) in [7, 11) is 0. The molecule has 1 aromatic rings. The fourth-order valence-electron chi connectivity index (χ4n) is 2.09. The molecule has 0 aromatic carbocycles. The maximum absolute atomic E-state index is 4.05. The highest BCUT2D eigenvalue weighted by molar-refractivity contribution is 5.09. The van der Waals surface area contributed by atoms with Gasteiger partial charge >= 0.3 is 0 Å². The van der Waals surface area contributed by atoms with Gasteiger partial charge in [-0.05, 0) is 38.0 Å². The van der Waals surface area contributed by atoms with E-state index in [9.17, 15) is 0 Å². The van der Waals surface area contributed by atoms with Crippen LogP contribution in [0.15, 0.2) is 24.5 Å². The van der Waals surface area contributed by atoms with Crippen LogP contribution >= 0.6 is 0 Å². The fourth-order valence-corrected chi connectivity index (χ4v) is 2.09. The van der Waals surface area contributed by atoms with Gasteiger partial charge in [0.05, 0.1) is 0 Å². The Morgan fingerprint density at radius 3 is 2.81 bits per heavy atom. The highest BCUT2D eigenvalue weighted by atomic mass is 15.2. The van der Waals surface area contributed by atoms with Crippen molar-refractivity contribution in [3.8, 4) is 0 Å². The summed E-state index contributed by atoms with van der Waals surface area (Å²) in [4.78, 5) is 6.56. The van der Waals surface area contributed by atoms with Crippen LogP contribution in [-0.4, -0.2) is 35.1 Å². The fraction of sp³-hybridized carbons (Fsp3) is 0.615. The number of aromatic nitrogens is 1. The summed E-state index contributed by atoms with van der Waals surface area (Å²) in [5.41, 5.74) is 1.64. The normalized spacial score (nSPS) is 21.6. The predicted octanol–water partition coefficient (Wildman–Crippen LogP) is 1.66. The second-order valence-corrected chi connectivity index (χ2v) is 5.19. The van der Waals surface area contributed by atoms with Crippen molar-refractivity contribution in [1.82, 2.24) is 15.2 Å². The van der Waals surface area contributed by atoms with E-state index in [1.54, 1.807) is 0 Å². The van der Waals surface area contributed by atoms with Gasteiger partial charge in [0.25, 0.3) is 0 Å². The van der Waals surface area contributed by atoms with Gasteiger partial charge in [0.2, 0.25) is 0 Å². The quantitative estimate of drug-likeness (QED) is 0.820. The molecule has 2 heterocycles. The second kappa shape index (κ2) is 4.93. The molecule has 1 fully saturated rings. The summed E-state index contributed by atoms with van der Waals surface area (Å²) in [5, 5.41) is 3.58. The lowest BCUT2D eigenvalue weighted by Gasteiger charge is -2.23. The number of rotatable bonds is 2. The third kappa shape index (κ3) is 3.29. The molecule has 0 bridgehead atoms. The molecular formula is C13H21N3. The van der Waals surface area contributed by atoms with Crippen LogP contribution in [0.4, 0.5) is 0 Å². The zero-order valence-electron chi connectivity index (χ0n) is 10.2. The van der Waals surface area contributed by atoms with Gasteiger partial charge in [-0.3, -0.25) is 9.88 Å². The number of pyridine rings is 1. The summed E-state index contributed by atoms with van der Waals surface area (Å²) in [6, 6.07) is 4.20. The zero-order chi connectivity index (χ0) is 11.4. The molecule has 0 spiro atoms.